The van der Waals surface area contributed by atoms with E-state index in [4.69, 9.17) is 4.74 Å². The summed E-state index contributed by atoms with van der Waals surface area (Å²) in [6, 6.07) is 9.12. The fourth-order valence-electron chi connectivity index (χ4n) is 2.22. The van der Waals surface area contributed by atoms with E-state index in [1.54, 1.807) is 18.2 Å². The van der Waals surface area contributed by atoms with Gasteiger partial charge in [-0.05, 0) is 35.7 Å². The van der Waals surface area contributed by atoms with Gasteiger partial charge in [-0.1, -0.05) is 25.1 Å². The van der Waals surface area contributed by atoms with Gasteiger partial charge in [0.05, 0.1) is 6.42 Å². The van der Waals surface area contributed by atoms with Crippen molar-refractivity contribution < 1.29 is 18.3 Å². The number of carbonyl (C=O) groups excluding carboxylic acids is 1. The van der Waals surface area contributed by atoms with Gasteiger partial charge >= 0.3 is 0 Å². The second-order valence-corrected chi connectivity index (χ2v) is 5.13. The molecule has 0 aliphatic heterocycles. The predicted molar refractivity (Wildman–Crippen MR) is 84.3 cm³/mol. The van der Waals surface area contributed by atoms with Gasteiger partial charge in [-0.3, -0.25) is 4.79 Å². The normalized spacial score (nSPS) is 10.4. The monoisotopic (exact) mass is 319 g/mol. The second-order valence-electron chi connectivity index (χ2n) is 5.13. The van der Waals surface area contributed by atoms with Crippen LogP contribution in [0, 0.1) is 11.6 Å². The summed E-state index contributed by atoms with van der Waals surface area (Å²) in [5, 5.41) is 2.50. The minimum Gasteiger partial charge on any atom is -0.486 e. The molecule has 0 aromatic heterocycles. The maximum Gasteiger partial charge on any atom is 0.224 e. The number of aryl methyl sites for hydroxylation is 1. The fourth-order valence-corrected chi connectivity index (χ4v) is 2.22. The van der Waals surface area contributed by atoms with Crippen molar-refractivity contribution in [1.82, 2.24) is 5.32 Å². The minimum atomic E-state index is -0.494. The molecule has 0 saturated carbocycles. The van der Waals surface area contributed by atoms with Crippen molar-refractivity contribution in [3.63, 3.8) is 0 Å². The maximum absolute atomic E-state index is 14.0. The fraction of sp³-hybridized carbons (Fsp3) is 0.278. The van der Waals surface area contributed by atoms with Gasteiger partial charge in [0, 0.05) is 12.6 Å². The zero-order chi connectivity index (χ0) is 16.8. The molecule has 0 aliphatic carbocycles. The Kier molecular flexibility index (Phi) is 5.68. The summed E-state index contributed by atoms with van der Waals surface area (Å²) < 4.78 is 33.3. The quantitative estimate of drug-likeness (QED) is 0.886. The smallest absolute Gasteiger partial charge is 0.224 e. The lowest BCUT2D eigenvalue weighted by Gasteiger charge is -2.13. The lowest BCUT2D eigenvalue weighted by atomic mass is 10.0. The molecule has 122 valence electrons. The number of halogens is 2. The molecule has 0 heterocycles. The van der Waals surface area contributed by atoms with Crippen molar-refractivity contribution in [2.75, 3.05) is 7.05 Å². The summed E-state index contributed by atoms with van der Waals surface area (Å²) in [4.78, 5) is 11.5. The number of benzene rings is 2. The molecule has 2 aromatic carbocycles. The number of hydrogen-bond acceptors (Lipinski definition) is 2. The molecule has 0 fully saturated rings. The molecule has 0 bridgehead atoms. The Labute approximate surface area is 134 Å². The molecule has 23 heavy (non-hydrogen) atoms. The summed E-state index contributed by atoms with van der Waals surface area (Å²) in [6.07, 6.45) is 0.794. The van der Waals surface area contributed by atoms with E-state index in [-0.39, 0.29) is 30.2 Å². The van der Waals surface area contributed by atoms with Gasteiger partial charge in [0.25, 0.3) is 0 Å². The van der Waals surface area contributed by atoms with Crippen molar-refractivity contribution in [2.24, 2.45) is 0 Å². The molecule has 1 amide bonds. The van der Waals surface area contributed by atoms with E-state index in [9.17, 15) is 13.6 Å². The average molecular weight is 319 g/mol. The van der Waals surface area contributed by atoms with Gasteiger partial charge in [-0.2, -0.15) is 0 Å². The summed E-state index contributed by atoms with van der Waals surface area (Å²) >= 11 is 0. The number of ether oxygens (including phenoxy) is 1. The first kappa shape index (κ1) is 16.9. The van der Waals surface area contributed by atoms with Gasteiger partial charge in [0.1, 0.15) is 12.4 Å². The topological polar surface area (TPSA) is 38.3 Å². The molecule has 0 unspecified atom stereocenters. The molecule has 0 saturated heterocycles. The van der Waals surface area contributed by atoms with Gasteiger partial charge < -0.3 is 10.1 Å². The second kappa shape index (κ2) is 7.72. The molecule has 0 aliphatic rings. The van der Waals surface area contributed by atoms with E-state index >= 15 is 0 Å². The van der Waals surface area contributed by atoms with Crippen LogP contribution in [-0.4, -0.2) is 13.0 Å². The number of nitrogens with one attached hydrogen (secondary N) is 1. The lowest BCUT2D eigenvalue weighted by Crippen LogP contribution is -2.21. The van der Waals surface area contributed by atoms with Crippen LogP contribution in [0.4, 0.5) is 8.78 Å². The maximum atomic E-state index is 14.0. The van der Waals surface area contributed by atoms with Crippen LogP contribution in [-0.2, 0) is 24.2 Å². The molecule has 0 atom stereocenters. The predicted octanol–water partition coefficient (Wildman–Crippen LogP) is 3.39. The van der Waals surface area contributed by atoms with Crippen LogP contribution in [0.3, 0.4) is 0 Å². The van der Waals surface area contributed by atoms with Crippen LogP contribution in [0.2, 0.25) is 0 Å². The number of carbonyl (C=O) groups is 1. The van der Waals surface area contributed by atoms with E-state index in [1.807, 2.05) is 6.92 Å². The molecule has 2 rings (SSSR count). The van der Waals surface area contributed by atoms with Crippen LogP contribution in [0.5, 0.6) is 5.75 Å². The van der Waals surface area contributed by atoms with Gasteiger partial charge in [-0.15, -0.1) is 0 Å². The first-order valence-corrected chi connectivity index (χ1v) is 7.43. The lowest BCUT2D eigenvalue weighted by molar-refractivity contribution is -0.119. The molecular weight excluding hydrogens is 300 g/mol. The summed E-state index contributed by atoms with van der Waals surface area (Å²) in [5.74, 6) is -1.11. The molecule has 0 radical (unpaired) electrons. The Morgan fingerprint density at radius 1 is 1.17 bits per heavy atom. The SMILES string of the molecule is CCc1ccc(F)c(OCc2c(F)cccc2CC(=O)NC)c1. The Balaban J connectivity index is 2.21. The molecule has 3 nitrogen and oxygen atoms in total. The van der Waals surface area contributed by atoms with E-state index in [0.717, 1.165) is 12.0 Å². The highest BCUT2D eigenvalue weighted by Gasteiger charge is 2.13. The van der Waals surface area contributed by atoms with Crippen LogP contribution in [0.25, 0.3) is 0 Å². The first-order chi connectivity index (χ1) is 11.0. The molecule has 1 N–H and O–H groups in total. The third kappa shape index (κ3) is 4.28. The van der Waals surface area contributed by atoms with Gasteiger partial charge in [0.15, 0.2) is 11.6 Å². The Hall–Kier alpha value is -2.43. The largest absolute Gasteiger partial charge is 0.486 e. The van der Waals surface area contributed by atoms with E-state index in [0.29, 0.717) is 5.56 Å². The number of amides is 1. The van der Waals surface area contributed by atoms with E-state index in [2.05, 4.69) is 5.32 Å². The van der Waals surface area contributed by atoms with Crippen molar-refractivity contribution >= 4 is 5.91 Å². The number of hydrogen-bond donors (Lipinski definition) is 1. The Morgan fingerprint density at radius 3 is 2.65 bits per heavy atom. The van der Waals surface area contributed by atoms with Crippen molar-refractivity contribution in [3.8, 4) is 5.75 Å². The third-order valence-corrected chi connectivity index (χ3v) is 3.62. The van der Waals surface area contributed by atoms with Crippen LogP contribution >= 0.6 is 0 Å². The summed E-state index contributed by atoms with van der Waals surface area (Å²) in [6.45, 7) is 1.82. The summed E-state index contributed by atoms with van der Waals surface area (Å²) in [5.41, 5.74) is 1.72. The highest BCUT2D eigenvalue weighted by molar-refractivity contribution is 5.78. The van der Waals surface area contributed by atoms with E-state index in [1.165, 1.54) is 25.2 Å². The molecule has 2 aromatic rings. The average Bonchev–Trinajstić information content (AvgIpc) is 2.55. The zero-order valence-electron chi connectivity index (χ0n) is 13.2. The van der Waals surface area contributed by atoms with Crippen LogP contribution in [0.15, 0.2) is 36.4 Å². The van der Waals surface area contributed by atoms with E-state index < -0.39 is 11.6 Å². The van der Waals surface area contributed by atoms with Crippen LogP contribution in [0.1, 0.15) is 23.6 Å². The Morgan fingerprint density at radius 2 is 1.96 bits per heavy atom. The van der Waals surface area contributed by atoms with Crippen molar-refractivity contribution in [3.05, 3.63) is 64.7 Å². The Bertz CT molecular complexity index is 701. The number of likely N-dealkylation sites (N-methyl/N-ethyl adjacent to an activating group) is 1. The highest BCUT2D eigenvalue weighted by Crippen LogP contribution is 2.22. The molecule has 0 spiro atoms. The molecule has 5 heteroatoms. The van der Waals surface area contributed by atoms with Gasteiger partial charge in [0.2, 0.25) is 5.91 Å². The highest BCUT2D eigenvalue weighted by atomic mass is 19.1. The standard InChI is InChI=1S/C18H19F2NO2/c1-3-12-7-8-16(20)17(9-12)23-11-14-13(10-18(22)21-2)5-4-6-15(14)19/h4-9H,3,10-11H2,1-2H3,(H,21,22). The van der Waals surface area contributed by atoms with Gasteiger partial charge in [-0.25, -0.2) is 8.78 Å². The first-order valence-electron chi connectivity index (χ1n) is 7.43. The summed E-state index contributed by atoms with van der Waals surface area (Å²) in [7, 11) is 1.52. The third-order valence-electron chi connectivity index (χ3n) is 3.62. The van der Waals surface area contributed by atoms with Crippen molar-refractivity contribution in [1.29, 1.82) is 0 Å². The minimum absolute atomic E-state index is 0.0461. The molecular formula is C18H19F2NO2. The zero-order valence-corrected chi connectivity index (χ0v) is 13.2. The number of rotatable bonds is 6. The van der Waals surface area contributed by atoms with Crippen molar-refractivity contribution in [2.45, 2.75) is 26.4 Å². The van der Waals surface area contributed by atoms with Crippen LogP contribution < -0.4 is 10.1 Å².